The van der Waals surface area contributed by atoms with Gasteiger partial charge in [-0.1, -0.05) is 30.3 Å². The zero-order valence-electron chi connectivity index (χ0n) is 16.0. The smallest absolute Gasteiger partial charge is 0.243 e. The number of hydrogen-bond acceptors (Lipinski definition) is 4. The van der Waals surface area contributed by atoms with Crippen LogP contribution >= 0.6 is 0 Å². The lowest BCUT2D eigenvalue weighted by atomic mass is 9.83. The van der Waals surface area contributed by atoms with Gasteiger partial charge in [-0.2, -0.15) is 9.57 Å². The van der Waals surface area contributed by atoms with Gasteiger partial charge >= 0.3 is 0 Å². The van der Waals surface area contributed by atoms with Crippen LogP contribution in [0.4, 0.5) is 0 Å². The number of piperazine rings is 1. The van der Waals surface area contributed by atoms with Gasteiger partial charge in [-0.15, -0.1) is 0 Å². The maximum Gasteiger partial charge on any atom is 0.243 e. The number of carbonyl (C=O) groups excluding carboxylic acids is 1. The fourth-order valence-electron chi connectivity index (χ4n) is 3.36. The fourth-order valence-corrected chi connectivity index (χ4v) is 4.78. The van der Waals surface area contributed by atoms with Crippen LogP contribution in [0.2, 0.25) is 0 Å². The molecule has 1 saturated heterocycles. The van der Waals surface area contributed by atoms with Crippen molar-refractivity contribution < 1.29 is 13.2 Å². The second-order valence-electron chi connectivity index (χ2n) is 7.32. The molecule has 1 amide bonds. The maximum atomic E-state index is 13.0. The molecule has 2 aromatic rings. The Balaban J connectivity index is 1.70. The van der Waals surface area contributed by atoms with Gasteiger partial charge < -0.3 is 4.90 Å². The summed E-state index contributed by atoms with van der Waals surface area (Å²) in [5, 5.41) is 8.86. The Morgan fingerprint density at radius 3 is 2.07 bits per heavy atom. The van der Waals surface area contributed by atoms with Crippen LogP contribution in [0.5, 0.6) is 0 Å². The number of nitriles is 1. The quantitative estimate of drug-likeness (QED) is 0.793. The fraction of sp³-hybridized carbons (Fsp3) is 0.333. The lowest BCUT2D eigenvalue weighted by Crippen LogP contribution is -2.54. The summed E-state index contributed by atoms with van der Waals surface area (Å²) in [5.74, 6) is -0.00544. The first-order valence-electron chi connectivity index (χ1n) is 9.12. The number of carbonyl (C=O) groups is 1. The van der Waals surface area contributed by atoms with Gasteiger partial charge in [0.15, 0.2) is 0 Å². The van der Waals surface area contributed by atoms with Gasteiger partial charge in [0, 0.05) is 26.2 Å². The first kappa shape index (κ1) is 20.1. The third kappa shape index (κ3) is 3.79. The molecule has 146 valence electrons. The van der Waals surface area contributed by atoms with Gasteiger partial charge in [-0.25, -0.2) is 8.42 Å². The number of rotatable bonds is 4. The van der Waals surface area contributed by atoms with E-state index in [-0.39, 0.29) is 23.9 Å². The molecule has 0 aliphatic carbocycles. The SMILES string of the molecule is CC(C)(C(=O)N1CCN(S(=O)(=O)c2ccc(C#N)cc2)CC1)c1ccccc1. The molecule has 0 N–H and O–H groups in total. The molecule has 2 aromatic carbocycles. The largest absolute Gasteiger partial charge is 0.339 e. The van der Waals surface area contributed by atoms with Crippen molar-refractivity contribution in [2.45, 2.75) is 24.2 Å². The highest BCUT2D eigenvalue weighted by Gasteiger charge is 2.37. The van der Waals surface area contributed by atoms with Gasteiger partial charge in [0.2, 0.25) is 15.9 Å². The van der Waals surface area contributed by atoms with Crippen LogP contribution < -0.4 is 0 Å². The van der Waals surface area contributed by atoms with Gasteiger partial charge in [0.25, 0.3) is 0 Å². The molecule has 0 spiro atoms. The van der Waals surface area contributed by atoms with Crippen LogP contribution in [0.25, 0.3) is 0 Å². The summed E-state index contributed by atoms with van der Waals surface area (Å²) in [6.45, 7) is 4.99. The second kappa shape index (κ2) is 7.74. The van der Waals surface area contributed by atoms with Crippen molar-refractivity contribution in [3.8, 4) is 6.07 Å². The minimum atomic E-state index is -3.64. The first-order valence-corrected chi connectivity index (χ1v) is 10.6. The van der Waals surface area contributed by atoms with E-state index in [0.717, 1.165) is 5.56 Å². The Morgan fingerprint density at radius 2 is 1.54 bits per heavy atom. The van der Waals surface area contributed by atoms with E-state index in [1.54, 1.807) is 4.90 Å². The molecule has 1 fully saturated rings. The Labute approximate surface area is 166 Å². The second-order valence-corrected chi connectivity index (χ2v) is 9.26. The van der Waals surface area contributed by atoms with Crippen molar-refractivity contribution in [1.29, 1.82) is 5.26 Å². The Hall–Kier alpha value is -2.69. The molecule has 7 heteroatoms. The molecule has 6 nitrogen and oxygen atoms in total. The van der Waals surface area contributed by atoms with Crippen molar-refractivity contribution in [2.75, 3.05) is 26.2 Å². The van der Waals surface area contributed by atoms with Gasteiger partial charge in [-0.3, -0.25) is 4.79 Å². The van der Waals surface area contributed by atoms with Crippen LogP contribution in [-0.4, -0.2) is 49.7 Å². The predicted octanol–water partition coefficient (Wildman–Crippen LogP) is 2.37. The third-order valence-electron chi connectivity index (χ3n) is 5.18. The van der Waals surface area contributed by atoms with Gasteiger partial charge in [0.05, 0.1) is 21.9 Å². The number of amides is 1. The van der Waals surface area contributed by atoms with Crippen molar-refractivity contribution in [3.05, 3.63) is 65.7 Å². The molecular weight excluding hydrogens is 374 g/mol. The third-order valence-corrected chi connectivity index (χ3v) is 7.09. The molecule has 0 aromatic heterocycles. The van der Waals surface area contributed by atoms with E-state index in [1.165, 1.54) is 28.6 Å². The Kier molecular flexibility index (Phi) is 5.54. The summed E-state index contributed by atoms with van der Waals surface area (Å²) < 4.78 is 27.0. The zero-order chi connectivity index (χ0) is 20.4. The predicted molar refractivity (Wildman–Crippen MR) is 106 cm³/mol. The highest BCUT2D eigenvalue weighted by atomic mass is 32.2. The van der Waals surface area contributed by atoms with Crippen LogP contribution in [-0.2, 0) is 20.2 Å². The average molecular weight is 398 g/mol. The standard InChI is InChI=1S/C21H23N3O3S/c1-21(2,18-6-4-3-5-7-18)20(25)23-12-14-24(15-13-23)28(26,27)19-10-8-17(16-22)9-11-19/h3-11H,12-15H2,1-2H3. The Morgan fingerprint density at radius 1 is 0.964 bits per heavy atom. The molecule has 0 unspecified atom stereocenters. The molecule has 3 rings (SSSR count). The zero-order valence-corrected chi connectivity index (χ0v) is 16.8. The van der Waals surface area contributed by atoms with Crippen molar-refractivity contribution in [2.24, 2.45) is 0 Å². The molecule has 1 heterocycles. The van der Waals surface area contributed by atoms with Crippen LogP contribution in [0.1, 0.15) is 25.0 Å². The summed E-state index contributed by atoms with van der Waals surface area (Å²) >= 11 is 0. The van der Waals surface area contributed by atoms with E-state index in [0.29, 0.717) is 18.7 Å². The number of sulfonamides is 1. The van der Waals surface area contributed by atoms with Crippen LogP contribution in [0, 0.1) is 11.3 Å². The van der Waals surface area contributed by atoms with Crippen LogP contribution in [0.15, 0.2) is 59.5 Å². The molecule has 28 heavy (non-hydrogen) atoms. The molecule has 1 aliphatic heterocycles. The molecule has 0 bridgehead atoms. The topological polar surface area (TPSA) is 81.5 Å². The van der Waals surface area contributed by atoms with E-state index >= 15 is 0 Å². The maximum absolute atomic E-state index is 13.0. The minimum Gasteiger partial charge on any atom is -0.339 e. The minimum absolute atomic E-state index is 0.00544. The molecule has 0 atom stereocenters. The summed E-state index contributed by atoms with van der Waals surface area (Å²) in [4.78, 5) is 14.9. The van der Waals surface area contributed by atoms with Gasteiger partial charge in [0.1, 0.15) is 0 Å². The monoisotopic (exact) mass is 397 g/mol. The van der Waals surface area contributed by atoms with Gasteiger partial charge in [-0.05, 0) is 43.7 Å². The molecule has 0 radical (unpaired) electrons. The van der Waals surface area contributed by atoms with E-state index in [4.69, 9.17) is 5.26 Å². The normalized spacial score (nSPS) is 15.8. The molecule has 1 aliphatic rings. The molecule has 0 saturated carbocycles. The van der Waals surface area contributed by atoms with Crippen molar-refractivity contribution >= 4 is 15.9 Å². The summed E-state index contributed by atoms with van der Waals surface area (Å²) in [5.41, 5.74) is 0.681. The highest BCUT2D eigenvalue weighted by molar-refractivity contribution is 7.89. The average Bonchev–Trinajstić information content (AvgIpc) is 2.74. The van der Waals surface area contributed by atoms with E-state index < -0.39 is 15.4 Å². The highest BCUT2D eigenvalue weighted by Crippen LogP contribution is 2.27. The van der Waals surface area contributed by atoms with Crippen molar-refractivity contribution in [1.82, 2.24) is 9.21 Å². The number of nitrogens with zero attached hydrogens (tertiary/aromatic N) is 3. The first-order chi connectivity index (χ1) is 13.3. The lowest BCUT2D eigenvalue weighted by Gasteiger charge is -2.38. The van der Waals surface area contributed by atoms with E-state index in [2.05, 4.69) is 0 Å². The number of benzene rings is 2. The molecular formula is C21H23N3O3S. The van der Waals surface area contributed by atoms with Crippen molar-refractivity contribution in [3.63, 3.8) is 0 Å². The summed E-state index contributed by atoms with van der Waals surface area (Å²) in [6, 6.07) is 17.5. The number of hydrogen-bond donors (Lipinski definition) is 0. The van der Waals surface area contributed by atoms with E-state index in [9.17, 15) is 13.2 Å². The Bertz CT molecular complexity index is 985. The lowest BCUT2D eigenvalue weighted by molar-refractivity contribution is -0.137. The van der Waals surface area contributed by atoms with Crippen LogP contribution in [0.3, 0.4) is 0 Å². The summed E-state index contributed by atoms with van der Waals surface area (Å²) in [6.07, 6.45) is 0. The summed E-state index contributed by atoms with van der Waals surface area (Å²) in [7, 11) is -3.64. The van der Waals surface area contributed by atoms with E-state index in [1.807, 2.05) is 50.2 Å².